The van der Waals surface area contributed by atoms with Crippen molar-refractivity contribution >= 4 is 35.0 Å². The Kier molecular flexibility index (Phi) is 7.87. The first-order valence-electron chi connectivity index (χ1n) is 11.3. The highest BCUT2D eigenvalue weighted by atomic mass is 32.2. The van der Waals surface area contributed by atoms with Crippen molar-refractivity contribution in [3.63, 3.8) is 0 Å². The second-order valence-electron chi connectivity index (χ2n) is 7.89. The lowest BCUT2D eigenvalue weighted by molar-refractivity contribution is -0.119. The number of benzene rings is 2. The fourth-order valence-electron chi connectivity index (χ4n) is 3.93. The molecule has 1 N–H and O–H groups in total. The maximum Gasteiger partial charge on any atom is 0.357 e. The summed E-state index contributed by atoms with van der Waals surface area (Å²) in [5, 5.41) is 3.45. The normalized spacial score (nSPS) is 14.1. The Morgan fingerprint density at radius 1 is 1.00 bits per heavy atom. The Labute approximate surface area is 203 Å². The van der Waals surface area contributed by atoms with Gasteiger partial charge in [0.15, 0.2) is 17.5 Å². The molecule has 1 aliphatic rings. The number of likely N-dealkylation sites (N-methyl/N-ethyl adjacent to an activating group) is 1. The fraction of sp³-hybridized carbons (Fsp3) is 0.320. The lowest BCUT2D eigenvalue weighted by atomic mass is 10.2. The van der Waals surface area contributed by atoms with Gasteiger partial charge in [-0.1, -0.05) is 36.9 Å². The van der Waals surface area contributed by atoms with E-state index in [4.69, 9.17) is 4.74 Å². The number of hydrogen-bond acceptors (Lipinski definition) is 7. The molecular weight excluding hydrogens is 450 g/mol. The number of imidazole rings is 1. The standard InChI is InChI=1S/C25H29N5O3S/c1-3-28-13-15-29(16-14-28)20-11-9-19(10-12-20)27-23(31)18-33-24(32)22-17-26-25(34-2)30(22)21-7-5-4-6-8-21/h4-12,17H,3,13-16,18H2,1-2H3,(H,27,31). The highest BCUT2D eigenvalue weighted by molar-refractivity contribution is 7.98. The predicted octanol–water partition coefficient (Wildman–Crippen LogP) is 3.53. The van der Waals surface area contributed by atoms with Crippen LogP contribution >= 0.6 is 11.8 Å². The number of amides is 1. The smallest absolute Gasteiger partial charge is 0.357 e. The van der Waals surface area contributed by atoms with E-state index in [2.05, 4.69) is 27.0 Å². The number of hydrogen-bond donors (Lipinski definition) is 1. The number of thioether (sulfide) groups is 1. The van der Waals surface area contributed by atoms with E-state index in [0.717, 1.165) is 44.1 Å². The van der Waals surface area contributed by atoms with Crippen molar-refractivity contribution < 1.29 is 14.3 Å². The summed E-state index contributed by atoms with van der Waals surface area (Å²) in [6.07, 6.45) is 3.36. The number of rotatable bonds is 8. The first-order valence-corrected chi connectivity index (χ1v) is 12.5. The first kappa shape index (κ1) is 23.8. The second-order valence-corrected chi connectivity index (χ2v) is 8.67. The minimum atomic E-state index is -0.603. The highest BCUT2D eigenvalue weighted by Crippen LogP contribution is 2.22. The summed E-state index contributed by atoms with van der Waals surface area (Å²) in [6, 6.07) is 17.2. The first-order chi connectivity index (χ1) is 16.6. The number of anilines is 2. The van der Waals surface area contributed by atoms with Gasteiger partial charge in [0.05, 0.1) is 6.20 Å². The number of piperazine rings is 1. The fourth-order valence-corrected chi connectivity index (χ4v) is 4.47. The molecule has 1 saturated heterocycles. The third-order valence-electron chi connectivity index (χ3n) is 5.81. The zero-order valence-corrected chi connectivity index (χ0v) is 20.3. The molecule has 0 saturated carbocycles. The molecule has 0 bridgehead atoms. The summed E-state index contributed by atoms with van der Waals surface area (Å²) < 4.78 is 7.01. The third-order valence-corrected chi connectivity index (χ3v) is 6.46. The van der Waals surface area contributed by atoms with Gasteiger partial charge >= 0.3 is 5.97 Å². The van der Waals surface area contributed by atoms with E-state index >= 15 is 0 Å². The molecule has 2 aromatic carbocycles. The van der Waals surface area contributed by atoms with Crippen LogP contribution in [0.2, 0.25) is 0 Å². The number of carbonyl (C=O) groups excluding carboxylic acids is 2. The van der Waals surface area contributed by atoms with Crippen molar-refractivity contribution in [1.29, 1.82) is 0 Å². The maximum absolute atomic E-state index is 12.7. The number of para-hydroxylation sites is 1. The van der Waals surface area contributed by atoms with Gasteiger partial charge in [-0.05, 0) is 49.2 Å². The summed E-state index contributed by atoms with van der Waals surface area (Å²) >= 11 is 1.43. The molecule has 9 heteroatoms. The summed E-state index contributed by atoms with van der Waals surface area (Å²) in [5.41, 5.74) is 2.88. The molecule has 34 heavy (non-hydrogen) atoms. The van der Waals surface area contributed by atoms with Crippen LogP contribution in [0, 0.1) is 0 Å². The molecule has 1 amide bonds. The highest BCUT2D eigenvalue weighted by Gasteiger charge is 2.20. The third kappa shape index (κ3) is 5.60. The number of nitrogens with one attached hydrogen (secondary N) is 1. The molecule has 0 aliphatic carbocycles. The zero-order valence-electron chi connectivity index (χ0n) is 19.4. The van der Waals surface area contributed by atoms with E-state index in [9.17, 15) is 9.59 Å². The van der Waals surface area contributed by atoms with Crippen LogP contribution in [0.5, 0.6) is 0 Å². The SMILES string of the molecule is CCN1CCN(c2ccc(NC(=O)COC(=O)c3cnc(SC)n3-c3ccccc3)cc2)CC1. The van der Waals surface area contributed by atoms with Crippen LogP contribution in [0.15, 0.2) is 66.0 Å². The van der Waals surface area contributed by atoms with Crippen LogP contribution in [-0.4, -0.2) is 71.9 Å². The van der Waals surface area contributed by atoms with Gasteiger partial charge in [0.2, 0.25) is 0 Å². The summed E-state index contributed by atoms with van der Waals surface area (Å²) in [7, 11) is 0. The molecule has 0 spiro atoms. The van der Waals surface area contributed by atoms with E-state index in [1.807, 2.05) is 60.9 Å². The van der Waals surface area contributed by atoms with Gasteiger partial charge in [-0.25, -0.2) is 9.78 Å². The number of esters is 1. The molecule has 4 rings (SSSR count). The summed E-state index contributed by atoms with van der Waals surface area (Å²) in [4.78, 5) is 34.2. The lowest BCUT2D eigenvalue weighted by Crippen LogP contribution is -2.46. The van der Waals surface area contributed by atoms with Crippen LogP contribution in [-0.2, 0) is 9.53 Å². The van der Waals surface area contributed by atoms with Gasteiger partial charge in [-0.15, -0.1) is 0 Å². The number of nitrogens with zero attached hydrogens (tertiary/aromatic N) is 4. The molecule has 1 aromatic heterocycles. The molecule has 0 atom stereocenters. The van der Waals surface area contributed by atoms with Crippen molar-refractivity contribution in [3.05, 3.63) is 66.5 Å². The second kappa shape index (κ2) is 11.2. The van der Waals surface area contributed by atoms with Crippen molar-refractivity contribution in [2.75, 3.05) is 55.8 Å². The molecular formula is C25H29N5O3S. The minimum absolute atomic E-state index is 0.274. The Balaban J connectivity index is 1.32. The number of ether oxygens (including phenoxy) is 1. The topological polar surface area (TPSA) is 79.7 Å². The van der Waals surface area contributed by atoms with Crippen LogP contribution < -0.4 is 10.2 Å². The Morgan fingerprint density at radius 2 is 1.71 bits per heavy atom. The Bertz CT molecular complexity index is 1110. The van der Waals surface area contributed by atoms with Crippen LogP contribution in [0.25, 0.3) is 5.69 Å². The van der Waals surface area contributed by atoms with E-state index in [1.54, 1.807) is 4.57 Å². The van der Waals surface area contributed by atoms with Crippen molar-refractivity contribution in [2.45, 2.75) is 12.1 Å². The van der Waals surface area contributed by atoms with Crippen LogP contribution in [0.3, 0.4) is 0 Å². The van der Waals surface area contributed by atoms with Gasteiger partial charge in [-0.3, -0.25) is 9.36 Å². The van der Waals surface area contributed by atoms with E-state index in [1.165, 1.54) is 18.0 Å². The monoisotopic (exact) mass is 479 g/mol. The van der Waals surface area contributed by atoms with Gasteiger partial charge in [0.25, 0.3) is 5.91 Å². The molecule has 0 unspecified atom stereocenters. The quantitative estimate of drug-likeness (QED) is 0.391. The van der Waals surface area contributed by atoms with Crippen molar-refractivity contribution in [1.82, 2.24) is 14.5 Å². The van der Waals surface area contributed by atoms with E-state index < -0.39 is 11.9 Å². The Hall–Kier alpha value is -3.30. The predicted molar refractivity (Wildman–Crippen MR) is 135 cm³/mol. The van der Waals surface area contributed by atoms with E-state index in [0.29, 0.717) is 10.8 Å². The average Bonchev–Trinajstić information content (AvgIpc) is 3.33. The molecule has 2 heterocycles. The van der Waals surface area contributed by atoms with Crippen molar-refractivity contribution in [2.24, 2.45) is 0 Å². The molecule has 178 valence electrons. The zero-order chi connectivity index (χ0) is 23.9. The molecule has 1 fully saturated rings. The molecule has 1 aliphatic heterocycles. The summed E-state index contributed by atoms with van der Waals surface area (Å²) in [5.74, 6) is -0.998. The Morgan fingerprint density at radius 3 is 2.35 bits per heavy atom. The lowest BCUT2D eigenvalue weighted by Gasteiger charge is -2.35. The van der Waals surface area contributed by atoms with Gasteiger partial charge < -0.3 is 19.9 Å². The number of carbonyl (C=O) groups is 2. The van der Waals surface area contributed by atoms with E-state index in [-0.39, 0.29) is 12.3 Å². The van der Waals surface area contributed by atoms with Crippen LogP contribution in [0.4, 0.5) is 11.4 Å². The van der Waals surface area contributed by atoms with Gasteiger partial charge in [0.1, 0.15) is 0 Å². The maximum atomic E-state index is 12.7. The average molecular weight is 480 g/mol. The molecule has 0 radical (unpaired) electrons. The van der Waals surface area contributed by atoms with Crippen LogP contribution in [0.1, 0.15) is 17.4 Å². The largest absolute Gasteiger partial charge is 0.451 e. The van der Waals surface area contributed by atoms with Crippen molar-refractivity contribution in [3.8, 4) is 5.69 Å². The minimum Gasteiger partial charge on any atom is -0.451 e. The molecule has 3 aromatic rings. The molecule has 8 nitrogen and oxygen atoms in total. The summed E-state index contributed by atoms with van der Waals surface area (Å²) in [6.45, 7) is 6.99. The number of aromatic nitrogens is 2. The van der Waals surface area contributed by atoms with Gasteiger partial charge in [0, 0.05) is 43.2 Å². The van der Waals surface area contributed by atoms with Gasteiger partial charge in [-0.2, -0.15) is 0 Å².